The monoisotopic (exact) mass is 271 g/mol. The molecule has 1 fully saturated rings. The summed E-state index contributed by atoms with van der Waals surface area (Å²) in [6.45, 7) is 5.50. The van der Waals surface area contributed by atoms with Crippen LogP contribution in [0.4, 0.5) is 0 Å². The predicted octanol–water partition coefficient (Wildman–Crippen LogP) is 3.46. The van der Waals surface area contributed by atoms with Crippen LogP contribution >= 0.6 is 11.8 Å². The van der Waals surface area contributed by atoms with Crippen LogP contribution in [0.3, 0.4) is 0 Å². The highest BCUT2D eigenvalue weighted by atomic mass is 32.2. The molecule has 0 aromatic heterocycles. The molecule has 0 heterocycles. The van der Waals surface area contributed by atoms with Gasteiger partial charge in [-0.1, -0.05) is 13.8 Å². The van der Waals surface area contributed by atoms with E-state index in [1.54, 1.807) is 0 Å². The van der Waals surface area contributed by atoms with Gasteiger partial charge in [0, 0.05) is 23.8 Å². The molecule has 18 heavy (non-hydrogen) atoms. The van der Waals surface area contributed by atoms with Crippen molar-refractivity contribution in [3.05, 3.63) is 0 Å². The van der Waals surface area contributed by atoms with Crippen LogP contribution in [0.15, 0.2) is 0 Å². The van der Waals surface area contributed by atoms with Crippen LogP contribution in [0.25, 0.3) is 0 Å². The zero-order valence-electron chi connectivity index (χ0n) is 12.4. The van der Waals surface area contributed by atoms with Gasteiger partial charge in [0.2, 0.25) is 0 Å². The topological polar surface area (TPSA) is 20.3 Å². The Morgan fingerprint density at radius 1 is 1.44 bits per heavy atom. The first-order valence-corrected chi connectivity index (χ1v) is 8.61. The molecule has 1 atom stereocenters. The van der Waals surface area contributed by atoms with Crippen molar-refractivity contribution >= 4 is 18.0 Å². The van der Waals surface area contributed by atoms with Crippen LogP contribution in [0, 0.1) is 11.3 Å². The van der Waals surface area contributed by atoms with Crippen molar-refractivity contribution < 1.29 is 4.79 Å². The van der Waals surface area contributed by atoms with Gasteiger partial charge in [-0.3, -0.25) is 0 Å². The fourth-order valence-electron chi connectivity index (χ4n) is 3.03. The van der Waals surface area contributed by atoms with Crippen molar-refractivity contribution in [1.82, 2.24) is 4.90 Å². The highest BCUT2D eigenvalue weighted by molar-refractivity contribution is 7.98. The molecule has 1 aliphatic carbocycles. The number of thioether (sulfide) groups is 1. The fourth-order valence-corrected chi connectivity index (χ4v) is 3.90. The number of hydrogen-bond acceptors (Lipinski definition) is 3. The summed E-state index contributed by atoms with van der Waals surface area (Å²) < 4.78 is 0. The zero-order chi connectivity index (χ0) is 13.6. The van der Waals surface area contributed by atoms with Gasteiger partial charge in [-0.25, -0.2) is 0 Å². The van der Waals surface area contributed by atoms with Crippen LogP contribution in [-0.2, 0) is 4.79 Å². The van der Waals surface area contributed by atoms with E-state index in [-0.39, 0.29) is 5.41 Å². The van der Waals surface area contributed by atoms with E-state index < -0.39 is 0 Å². The van der Waals surface area contributed by atoms with Gasteiger partial charge >= 0.3 is 0 Å². The molecule has 1 rings (SSSR count). The van der Waals surface area contributed by atoms with E-state index in [2.05, 4.69) is 32.1 Å². The molecule has 2 nitrogen and oxygen atoms in total. The number of nitrogens with zero attached hydrogens (tertiary/aromatic N) is 1. The Labute approximate surface area is 117 Å². The minimum Gasteiger partial charge on any atom is -0.303 e. The molecule has 1 aliphatic rings. The third kappa shape index (κ3) is 4.27. The molecule has 1 saturated carbocycles. The summed E-state index contributed by atoms with van der Waals surface area (Å²) in [5, 5.41) is 0. The molecule has 0 N–H and O–H groups in total. The van der Waals surface area contributed by atoms with Crippen molar-refractivity contribution in [2.45, 2.75) is 52.0 Å². The van der Waals surface area contributed by atoms with Gasteiger partial charge in [0.05, 0.1) is 0 Å². The van der Waals surface area contributed by atoms with Gasteiger partial charge < -0.3 is 9.69 Å². The lowest BCUT2D eigenvalue weighted by molar-refractivity contribution is -0.119. The van der Waals surface area contributed by atoms with Gasteiger partial charge in [-0.15, -0.1) is 0 Å². The Kier molecular flexibility index (Phi) is 6.72. The Morgan fingerprint density at radius 2 is 2.06 bits per heavy atom. The van der Waals surface area contributed by atoms with Gasteiger partial charge in [0.25, 0.3) is 0 Å². The summed E-state index contributed by atoms with van der Waals surface area (Å²) in [4.78, 5) is 14.0. The lowest BCUT2D eigenvalue weighted by Crippen LogP contribution is -2.44. The van der Waals surface area contributed by atoms with Gasteiger partial charge in [0.1, 0.15) is 6.29 Å². The number of carbonyl (C=O) groups excluding carboxylic acids is 1. The summed E-state index contributed by atoms with van der Waals surface area (Å²) in [5.74, 6) is 1.97. The molecule has 0 saturated heterocycles. The summed E-state index contributed by atoms with van der Waals surface area (Å²) in [6.07, 6.45) is 9.17. The molecule has 1 unspecified atom stereocenters. The number of aldehydes is 1. The Morgan fingerprint density at radius 3 is 2.50 bits per heavy atom. The van der Waals surface area contributed by atoms with Crippen molar-refractivity contribution in [1.29, 1.82) is 0 Å². The van der Waals surface area contributed by atoms with Crippen molar-refractivity contribution in [2.24, 2.45) is 11.3 Å². The van der Waals surface area contributed by atoms with Crippen molar-refractivity contribution in [3.63, 3.8) is 0 Å². The number of carbonyl (C=O) groups is 1. The summed E-state index contributed by atoms with van der Waals surface area (Å²) in [5.41, 5.74) is -0.0624. The van der Waals surface area contributed by atoms with E-state index in [1.807, 2.05) is 11.8 Å². The lowest BCUT2D eigenvalue weighted by atomic mass is 9.71. The summed E-state index contributed by atoms with van der Waals surface area (Å²) in [6, 6.07) is 0.608. The number of hydrogen-bond donors (Lipinski definition) is 0. The second-order valence-corrected chi connectivity index (χ2v) is 7.01. The average Bonchev–Trinajstić information content (AvgIpc) is 2.38. The van der Waals surface area contributed by atoms with Crippen LogP contribution in [0.5, 0.6) is 0 Å². The van der Waals surface area contributed by atoms with Crippen LogP contribution < -0.4 is 0 Å². The first-order chi connectivity index (χ1) is 8.56. The highest BCUT2D eigenvalue weighted by Gasteiger charge is 2.35. The predicted molar refractivity (Wildman–Crippen MR) is 81.2 cm³/mol. The molecule has 0 amide bonds. The largest absolute Gasteiger partial charge is 0.303 e. The maximum Gasteiger partial charge on any atom is 0.127 e. The van der Waals surface area contributed by atoms with Gasteiger partial charge in [-0.05, 0) is 51.3 Å². The van der Waals surface area contributed by atoms with Crippen LogP contribution in [0.2, 0.25) is 0 Å². The normalized spacial score (nSPS) is 30.4. The fraction of sp³-hybridized carbons (Fsp3) is 0.933. The third-order valence-corrected chi connectivity index (χ3v) is 5.26. The first-order valence-electron chi connectivity index (χ1n) is 7.22. The molecular formula is C15H29NOS. The SMILES string of the molecule is CCC(CSC)N(C)CC1(C=O)CCC(C)CC1. The second-order valence-electron chi connectivity index (χ2n) is 6.10. The van der Waals surface area contributed by atoms with Gasteiger partial charge in [-0.2, -0.15) is 11.8 Å². The highest BCUT2D eigenvalue weighted by Crippen LogP contribution is 2.38. The molecular weight excluding hydrogens is 242 g/mol. The van der Waals surface area contributed by atoms with E-state index in [0.29, 0.717) is 6.04 Å². The van der Waals surface area contributed by atoms with E-state index >= 15 is 0 Å². The Hall–Kier alpha value is -0.0200. The third-order valence-electron chi connectivity index (χ3n) is 4.54. The average molecular weight is 271 g/mol. The number of rotatable bonds is 7. The van der Waals surface area contributed by atoms with Crippen LogP contribution in [0.1, 0.15) is 46.0 Å². The van der Waals surface area contributed by atoms with E-state index in [4.69, 9.17) is 0 Å². The standard InChI is InChI=1S/C15H29NOS/c1-5-14(10-18-4)16(3)11-15(12-17)8-6-13(2)7-9-15/h12-14H,5-11H2,1-4H3. The molecule has 106 valence electrons. The lowest BCUT2D eigenvalue weighted by Gasteiger charge is -2.40. The maximum absolute atomic E-state index is 11.6. The zero-order valence-corrected chi connectivity index (χ0v) is 13.3. The van der Waals surface area contributed by atoms with E-state index in [0.717, 1.165) is 25.3 Å². The summed E-state index contributed by atoms with van der Waals surface area (Å²) >= 11 is 1.90. The summed E-state index contributed by atoms with van der Waals surface area (Å²) in [7, 11) is 2.19. The molecule has 0 aromatic carbocycles. The van der Waals surface area contributed by atoms with Crippen molar-refractivity contribution in [2.75, 3.05) is 25.6 Å². The Bertz CT molecular complexity index is 249. The minimum atomic E-state index is -0.0624. The molecule has 3 heteroatoms. The van der Waals surface area contributed by atoms with Gasteiger partial charge in [0.15, 0.2) is 0 Å². The van der Waals surface area contributed by atoms with E-state index in [9.17, 15) is 4.79 Å². The molecule has 0 aromatic rings. The Balaban J connectivity index is 2.58. The smallest absolute Gasteiger partial charge is 0.127 e. The second kappa shape index (κ2) is 7.54. The van der Waals surface area contributed by atoms with Crippen LogP contribution in [-0.4, -0.2) is 42.8 Å². The quantitative estimate of drug-likeness (QED) is 0.661. The molecule has 0 spiro atoms. The molecule has 0 bridgehead atoms. The molecule has 0 radical (unpaired) electrons. The van der Waals surface area contributed by atoms with E-state index in [1.165, 1.54) is 31.3 Å². The first kappa shape index (κ1) is 16.0. The molecule has 0 aliphatic heterocycles. The minimum absolute atomic E-state index is 0.0624. The maximum atomic E-state index is 11.6. The van der Waals surface area contributed by atoms with Crippen molar-refractivity contribution in [3.8, 4) is 0 Å².